The second-order valence-corrected chi connectivity index (χ2v) is 9.51. The van der Waals surface area contributed by atoms with Crippen molar-refractivity contribution in [2.75, 3.05) is 37.3 Å². The van der Waals surface area contributed by atoms with Crippen LogP contribution in [0, 0.1) is 5.82 Å². The fourth-order valence-corrected chi connectivity index (χ4v) is 4.10. The number of benzene rings is 2. The minimum Gasteiger partial charge on any atom is -0.372 e. The van der Waals surface area contributed by atoms with Gasteiger partial charge in [-0.15, -0.1) is 24.0 Å². The average Bonchev–Trinajstić information content (AvgIpc) is 2.73. The van der Waals surface area contributed by atoms with E-state index in [9.17, 15) is 12.8 Å². The predicted molar refractivity (Wildman–Crippen MR) is 142 cm³/mol. The van der Waals surface area contributed by atoms with Gasteiger partial charge in [-0.3, -0.25) is 0 Å². The quantitative estimate of drug-likeness (QED) is 0.184. The summed E-state index contributed by atoms with van der Waals surface area (Å²) in [5, 5.41) is 6.49. The third-order valence-corrected chi connectivity index (χ3v) is 5.57. The van der Waals surface area contributed by atoms with Crippen LogP contribution in [0.4, 0.5) is 10.1 Å². The molecule has 0 aliphatic carbocycles. The van der Waals surface area contributed by atoms with Gasteiger partial charge in [-0.05, 0) is 55.7 Å². The van der Waals surface area contributed by atoms with E-state index < -0.39 is 15.7 Å². The third kappa shape index (κ3) is 10.2. The third-order valence-electron chi connectivity index (χ3n) is 4.74. The first-order valence-electron chi connectivity index (χ1n) is 10.6. The molecule has 0 amide bonds. The lowest BCUT2D eigenvalue weighted by atomic mass is 10.1. The SMILES string of the molecule is CCNC(=NCc1cc(F)ccc1CS(C)(=O)=O)NCCCN(CC)c1ccccc1.I. The van der Waals surface area contributed by atoms with Gasteiger partial charge in [-0.25, -0.2) is 17.8 Å². The van der Waals surface area contributed by atoms with Crippen molar-refractivity contribution in [2.45, 2.75) is 32.6 Å². The number of aliphatic imine (C=N–C) groups is 1. The normalized spacial score (nSPS) is 11.6. The van der Waals surface area contributed by atoms with E-state index >= 15 is 0 Å². The van der Waals surface area contributed by atoms with Gasteiger partial charge in [0.1, 0.15) is 5.82 Å². The van der Waals surface area contributed by atoms with E-state index in [0.717, 1.165) is 26.1 Å². The Morgan fingerprint density at radius 3 is 2.41 bits per heavy atom. The van der Waals surface area contributed by atoms with Crippen LogP contribution in [-0.4, -0.2) is 46.8 Å². The molecule has 0 aromatic heterocycles. The highest BCUT2D eigenvalue weighted by Crippen LogP contribution is 2.16. The summed E-state index contributed by atoms with van der Waals surface area (Å²) in [6.45, 7) is 7.58. The van der Waals surface area contributed by atoms with E-state index in [2.05, 4.69) is 39.6 Å². The van der Waals surface area contributed by atoms with Crippen LogP contribution in [-0.2, 0) is 22.1 Å². The summed E-state index contributed by atoms with van der Waals surface area (Å²) in [6.07, 6.45) is 2.09. The number of hydrogen-bond acceptors (Lipinski definition) is 4. The maximum Gasteiger partial charge on any atom is 0.191 e. The summed E-state index contributed by atoms with van der Waals surface area (Å²) in [4.78, 5) is 6.85. The van der Waals surface area contributed by atoms with Crippen molar-refractivity contribution in [3.8, 4) is 0 Å². The molecule has 0 aliphatic rings. The minimum absolute atomic E-state index is 0. The molecule has 0 unspecified atom stereocenters. The standard InChI is InChI=1S/C23H33FN4O2S.HI/c1-4-25-23(26-14-9-15-28(5-2)22-10-7-6-8-11-22)27-17-20-16-21(24)13-12-19(20)18-31(3,29)30;/h6-8,10-13,16H,4-5,9,14-15,17-18H2,1-3H3,(H2,25,26,27);1H. The number of sulfone groups is 1. The smallest absolute Gasteiger partial charge is 0.191 e. The molecule has 178 valence electrons. The van der Waals surface area contributed by atoms with Crippen molar-refractivity contribution in [3.05, 3.63) is 65.5 Å². The van der Waals surface area contributed by atoms with Gasteiger partial charge in [0, 0.05) is 38.1 Å². The van der Waals surface area contributed by atoms with Crippen LogP contribution in [0.5, 0.6) is 0 Å². The van der Waals surface area contributed by atoms with E-state index in [1.54, 1.807) is 0 Å². The van der Waals surface area contributed by atoms with Gasteiger partial charge in [0.15, 0.2) is 15.8 Å². The van der Waals surface area contributed by atoms with Crippen molar-refractivity contribution < 1.29 is 12.8 Å². The summed E-state index contributed by atoms with van der Waals surface area (Å²) in [5.74, 6) is 0.0925. The van der Waals surface area contributed by atoms with E-state index in [4.69, 9.17) is 0 Å². The highest BCUT2D eigenvalue weighted by atomic mass is 127. The highest BCUT2D eigenvalue weighted by molar-refractivity contribution is 14.0. The molecule has 0 atom stereocenters. The molecule has 9 heteroatoms. The summed E-state index contributed by atoms with van der Waals surface area (Å²) < 4.78 is 37.1. The topological polar surface area (TPSA) is 73.8 Å². The fourth-order valence-electron chi connectivity index (χ4n) is 3.26. The molecule has 2 rings (SSSR count). The first-order chi connectivity index (χ1) is 14.8. The molecule has 32 heavy (non-hydrogen) atoms. The first kappa shape index (κ1) is 28.2. The minimum atomic E-state index is -3.22. The van der Waals surface area contributed by atoms with E-state index in [1.165, 1.54) is 30.1 Å². The number of anilines is 1. The van der Waals surface area contributed by atoms with Crippen molar-refractivity contribution in [1.82, 2.24) is 10.6 Å². The van der Waals surface area contributed by atoms with Crippen molar-refractivity contribution in [2.24, 2.45) is 4.99 Å². The monoisotopic (exact) mass is 576 g/mol. The van der Waals surface area contributed by atoms with Crippen LogP contribution >= 0.6 is 24.0 Å². The van der Waals surface area contributed by atoms with Crippen molar-refractivity contribution in [1.29, 1.82) is 0 Å². The molecule has 2 N–H and O–H groups in total. The Bertz CT molecular complexity index is 956. The van der Waals surface area contributed by atoms with E-state index in [-0.39, 0.29) is 36.3 Å². The Balaban J connectivity index is 0.00000512. The van der Waals surface area contributed by atoms with E-state index in [1.807, 2.05) is 25.1 Å². The van der Waals surface area contributed by atoms with Crippen molar-refractivity contribution in [3.63, 3.8) is 0 Å². The Labute approximate surface area is 208 Å². The highest BCUT2D eigenvalue weighted by Gasteiger charge is 2.11. The molecule has 0 saturated carbocycles. The van der Waals surface area contributed by atoms with Crippen molar-refractivity contribution >= 4 is 45.5 Å². The molecule has 0 saturated heterocycles. The van der Waals surface area contributed by atoms with Crippen LogP contribution < -0.4 is 15.5 Å². The average molecular weight is 577 g/mol. The summed E-state index contributed by atoms with van der Waals surface area (Å²) in [7, 11) is -3.22. The maximum absolute atomic E-state index is 13.7. The van der Waals surface area contributed by atoms with Crippen LogP contribution in [0.25, 0.3) is 0 Å². The predicted octanol–water partition coefficient (Wildman–Crippen LogP) is 3.96. The molecular formula is C23H34FIN4O2S. The lowest BCUT2D eigenvalue weighted by Gasteiger charge is -2.23. The van der Waals surface area contributed by atoms with Gasteiger partial charge < -0.3 is 15.5 Å². The lowest BCUT2D eigenvalue weighted by molar-refractivity contribution is 0.600. The van der Waals surface area contributed by atoms with Gasteiger partial charge in [-0.2, -0.15) is 0 Å². The molecule has 0 bridgehead atoms. The zero-order chi connectivity index (χ0) is 22.7. The van der Waals surface area contributed by atoms with Crippen LogP contribution in [0.15, 0.2) is 53.5 Å². The number of nitrogens with one attached hydrogen (secondary N) is 2. The van der Waals surface area contributed by atoms with Gasteiger partial charge in [0.05, 0.1) is 12.3 Å². The molecule has 6 nitrogen and oxygen atoms in total. The number of halogens is 2. The molecule has 0 heterocycles. The Morgan fingerprint density at radius 2 is 1.78 bits per heavy atom. The molecule has 0 fully saturated rings. The van der Waals surface area contributed by atoms with Crippen LogP contribution in [0.1, 0.15) is 31.4 Å². The number of hydrogen-bond donors (Lipinski definition) is 2. The second-order valence-electron chi connectivity index (χ2n) is 7.37. The van der Waals surface area contributed by atoms with Gasteiger partial charge in [0.2, 0.25) is 0 Å². The molecule has 2 aromatic rings. The number of para-hydroxylation sites is 1. The van der Waals surface area contributed by atoms with Crippen LogP contribution in [0.3, 0.4) is 0 Å². The number of guanidine groups is 1. The lowest BCUT2D eigenvalue weighted by Crippen LogP contribution is -2.38. The fraction of sp³-hybridized carbons (Fsp3) is 0.435. The van der Waals surface area contributed by atoms with Gasteiger partial charge in [0.25, 0.3) is 0 Å². The molecule has 0 radical (unpaired) electrons. The maximum atomic E-state index is 13.7. The number of nitrogens with zero attached hydrogens (tertiary/aromatic N) is 2. The molecule has 0 aliphatic heterocycles. The largest absolute Gasteiger partial charge is 0.372 e. The number of rotatable bonds is 11. The molecule has 2 aromatic carbocycles. The first-order valence-corrected chi connectivity index (χ1v) is 12.7. The Morgan fingerprint density at radius 1 is 1.06 bits per heavy atom. The zero-order valence-corrected chi connectivity index (χ0v) is 22.1. The Hall–Kier alpha value is -1.88. The summed E-state index contributed by atoms with van der Waals surface area (Å²) in [6, 6.07) is 14.5. The van der Waals surface area contributed by atoms with Crippen LogP contribution in [0.2, 0.25) is 0 Å². The zero-order valence-electron chi connectivity index (χ0n) is 19.0. The summed E-state index contributed by atoms with van der Waals surface area (Å²) >= 11 is 0. The van der Waals surface area contributed by atoms with Gasteiger partial charge >= 0.3 is 0 Å². The van der Waals surface area contributed by atoms with E-state index in [0.29, 0.717) is 23.6 Å². The summed E-state index contributed by atoms with van der Waals surface area (Å²) in [5.41, 5.74) is 2.35. The second kappa shape index (κ2) is 14.3. The molecule has 0 spiro atoms. The molecular weight excluding hydrogens is 542 g/mol. The van der Waals surface area contributed by atoms with Gasteiger partial charge in [-0.1, -0.05) is 24.3 Å². The Kier molecular flexibility index (Phi) is 12.6.